The standard InChI is InChI=1S/C14H17N3O3S/c1-19-11-4-3-9(5-12(11)20-2)7-16-14(18)10-8-21-13(6-15)17-10/h3-5,8H,6-7,15H2,1-2H3,(H,16,18). The van der Waals surface area contributed by atoms with Crippen LogP contribution in [0.3, 0.4) is 0 Å². The number of hydrogen-bond donors (Lipinski definition) is 2. The highest BCUT2D eigenvalue weighted by atomic mass is 32.1. The molecule has 0 radical (unpaired) electrons. The number of benzene rings is 1. The van der Waals surface area contributed by atoms with Crippen LogP contribution in [-0.2, 0) is 13.1 Å². The average Bonchev–Trinajstić information content (AvgIpc) is 3.01. The average molecular weight is 307 g/mol. The second-order valence-electron chi connectivity index (χ2n) is 4.20. The summed E-state index contributed by atoms with van der Waals surface area (Å²) in [6, 6.07) is 5.50. The number of ether oxygens (including phenoxy) is 2. The molecule has 0 saturated heterocycles. The van der Waals surface area contributed by atoms with Gasteiger partial charge in [0, 0.05) is 18.5 Å². The van der Waals surface area contributed by atoms with E-state index >= 15 is 0 Å². The molecular formula is C14H17N3O3S. The first-order valence-corrected chi connectivity index (χ1v) is 7.19. The van der Waals surface area contributed by atoms with E-state index in [1.165, 1.54) is 11.3 Å². The van der Waals surface area contributed by atoms with E-state index < -0.39 is 0 Å². The minimum Gasteiger partial charge on any atom is -0.493 e. The first-order chi connectivity index (χ1) is 10.2. The molecule has 1 heterocycles. The summed E-state index contributed by atoms with van der Waals surface area (Å²) in [5.41, 5.74) is 6.78. The van der Waals surface area contributed by atoms with Crippen LogP contribution < -0.4 is 20.5 Å². The number of hydrogen-bond acceptors (Lipinski definition) is 6. The third-order valence-corrected chi connectivity index (χ3v) is 3.73. The van der Waals surface area contributed by atoms with Crippen molar-refractivity contribution in [3.05, 3.63) is 39.8 Å². The van der Waals surface area contributed by atoms with Crippen LogP contribution >= 0.6 is 11.3 Å². The number of amides is 1. The smallest absolute Gasteiger partial charge is 0.271 e. The molecule has 2 rings (SSSR count). The topological polar surface area (TPSA) is 86.5 Å². The molecule has 0 aliphatic rings. The van der Waals surface area contributed by atoms with Crippen molar-refractivity contribution in [1.29, 1.82) is 0 Å². The van der Waals surface area contributed by atoms with Gasteiger partial charge in [-0.2, -0.15) is 0 Å². The van der Waals surface area contributed by atoms with Gasteiger partial charge in [-0.05, 0) is 17.7 Å². The van der Waals surface area contributed by atoms with Crippen molar-refractivity contribution >= 4 is 17.2 Å². The van der Waals surface area contributed by atoms with Gasteiger partial charge < -0.3 is 20.5 Å². The molecule has 6 nitrogen and oxygen atoms in total. The van der Waals surface area contributed by atoms with E-state index in [-0.39, 0.29) is 5.91 Å². The number of carbonyl (C=O) groups is 1. The van der Waals surface area contributed by atoms with Crippen molar-refractivity contribution in [3.63, 3.8) is 0 Å². The zero-order valence-electron chi connectivity index (χ0n) is 11.9. The van der Waals surface area contributed by atoms with Gasteiger partial charge in [0.05, 0.1) is 14.2 Å². The zero-order valence-corrected chi connectivity index (χ0v) is 12.7. The van der Waals surface area contributed by atoms with Crippen LogP contribution in [0.5, 0.6) is 11.5 Å². The molecule has 0 fully saturated rings. The Morgan fingerprint density at radius 1 is 1.33 bits per heavy atom. The fraction of sp³-hybridized carbons (Fsp3) is 0.286. The Bertz CT molecular complexity index is 628. The van der Waals surface area contributed by atoms with Gasteiger partial charge >= 0.3 is 0 Å². The van der Waals surface area contributed by atoms with Gasteiger partial charge in [0.15, 0.2) is 11.5 Å². The van der Waals surface area contributed by atoms with Crippen LogP contribution in [0.1, 0.15) is 21.1 Å². The van der Waals surface area contributed by atoms with Crippen LogP contribution in [0.4, 0.5) is 0 Å². The van der Waals surface area contributed by atoms with E-state index in [1.807, 2.05) is 12.1 Å². The van der Waals surface area contributed by atoms with E-state index in [4.69, 9.17) is 15.2 Å². The Kier molecular flexibility index (Phi) is 5.13. The van der Waals surface area contributed by atoms with Crippen LogP contribution in [0, 0.1) is 0 Å². The van der Waals surface area contributed by atoms with Crippen LogP contribution in [-0.4, -0.2) is 25.1 Å². The fourth-order valence-corrected chi connectivity index (χ4v) is 2.43. The number of aromatic nitrogens is 1. The van der Waals surface area contributed by atoms with E-state index in [0.29, 0.717) is 30.3 Å². The summed E-state index contributed by atoms with van der Waals surface area (Å²) in [6.07, 6.45) is 0. The van der Waals surface area contributed by atoms with Crippen molar-refractivity contribution in [2.75, 3.05) is 14.2 Å². The first-order valence-electron chi connectivity index (χ1n) is 6.31. The van der Waals surface area contributed by atoms with Crippen molar-refractivity contribution in [2.45, 2.75) is 13.1 Å². The van der Waals surface area contributed by atoms with E-state index in [1.54, 1.807) is 25.7 Å². The summed E-state index contributed by atoms with van der Waals surface area (Å²) < 4.78 is 10.4. The number of nitrogens with two attached hydrogens (primary N) is 1. The minimum absolute atomic E-state index is 0.222. The van der Waals surface area contributed by atoms with Crippen molar-refractivity contribution in [1.82, 2.24) is 10.3 Å². The highest BCUT2D eigenvalue weighted by molar-refractivity contribution is 7.09. The van der Waals surface area contributed by atoms with Gasteiger partial charge in [-0.15, -0.1) is 11.3 Å². The lowest BCUT2D eigenvalue weighted by atomic mass is 10.2. The van der Waals surface area contributed by atoms with Gasteiger partial charge in [0.1, 0.15) is 10.7 Å². The zero-order chi connectivity index (χ0) is 15.2. The van der Waals surface area contributed by atoms with Gasteiger partial charge in [0.2, 0.25) is 0 Å². The Balaban J connectivity index is 2.00. The molecule has 0 aliphatic carbocycles. The Labute approximate surface area is 126 Å². The highest BCUT2D eigenvalue weighted by Crippen LogP contribution is 2.27. The maximum Gasteiger partial charge on any atom is 0.271 e. The Morgan fingerprint density at radius 2 is 2.10 bits per heavy atom. The molecule has 0 atom stereocenters. The number of rotatable bonds is 6. The summed E-state index contributed by atoms with van der Waals surface area (Å²) in [6.45, 7) is 0.725. The molecule has 3 N–H and O–H groups in total. The number of methoxy groups -OCH3 is 2. The summed E-state index contributed by atoms with van der Waals surface area (Å²) >= 11 is 1.38. The van der Waals surface area contributed by atoms with Gasteiger partial charge in [0.25, 0.3) is 5.91 Å². The number of nitrogens with zero attached hydrogens (tertiary/aromatic N) is 1. The molecule has 0 bridgehead atoms. The van der Waals surface area contributed by atoms with Crippen LogP contribution in [0.25, 0.3) is 0 Å². The molecule has 0 saturated carbocycles. The number of thiazole rings is 1. The molecule has 112 valence electrons. The van der Waals surface area contributed by atoms with Crippen molar-refractivity contribution < 1.29 is 14.3 Å². The second kappa shape index (κ2) is 7.05. The van der Waals surface area contributed by atoms with Gasteiger partial charge in [-0.1, -0.05) is 6.07 Å². The van der Waals surface area contributed by atoms with Crippen molar-refractivity contribution in [2.24, 2.45) is 5.73 Å². The fourth-order valence-electron chi connectivity index (χ4n) is 1.77. The van der Waals surface area contributed by atoms with Crippen LogP contribution in [0.2, 0.25) is 0 Å². The maximum atomic E-state index is 12.0. The molecule has 1 amide bonds. The summed E-state index contributed by atoms with van der Waals surface area (Å²) in [4.78, 5) is 16.1. The normalized spacial score (nSPS) is 10.2. The molecule has 1 aromatic heterocycles. The molecule has 0 aliphatic heterocycles. The molecule has 2 aromatic rings. The summed E-state index contributed by atoms with van der Waals surface area (Å²) in [7, 11) is 3.15. The van der Waals surface area contributed by atoms with E-state index in [0.717, 1.165) is 10.6 Å². The lowest BCUT2D eigenvalue weighted by Crippen LogP contribution is -2.23. The van der Waals surface area contributed by atoms with E-state index in [9.17, 15) is 4.79 Å². The van der Waals surface area contributed by atoms with Gasteiger partial charge in [-0.3, -0.25) is 4.79 Å². The molecule has 1 aromatic carbocycles. The molecule has 0 unspecified atom stereocenters. The molecular weight excluding hydrogens is 290 g/mol. The predicted molar refractivity (Wildman–Crippen MR) is 80.7 cm³/mol. The highest BCUT2D eigenvalue weighted by Gasteiger charge is 2.10. The summed E-state index contributed by atoms with van der Waals surface area (Å²) in [5.74, 6) is 1.06. The van der Waals surface area contributed by atoms with Crippen molar-refractivity contribution in [3.8, 4) is 11.5 Å². The number of carbonyl (C=O) groups excluding carboxylic acids is 1. The third-order valence-electron chi connectivity index (χ3n) is 2.86. The minimum atomic E-state index is -0.222. The number of nitrogens with one attached hydrogen (secondary N) is 1. The predicted octanol–water partition coefficient (Wildman–Crippen LogP) is 1.55. The quantitative estimate of drug-likeness (QED) is 0.845. The first kappa shape index (κ1) is 15.3. The lowest BCUT2D eigenvalue weighted by molar-refractivity contribution is 0.0946. The molecule has 21 heavy (non-hydrogen) atoms. The van der Waals surface area contributed by atoms with Crippen LogP contribution in [0.15, 0.2) is 23.6 Å². The Morgan fingerprint density at radius 3 is 2.71 bits per heavy atom. The second-order valence-corrected chi connectivity index (χ2v) is 5.15. The lowest BCUT2D eigenvalue weighted by Gasteiger charge is -2.10. The van der Waals surface area contributed by atoms with Gasteiger partial charge in [-0.25, -0.2) is 4.98 Å². The Hall–Kier alpha value is -2.12. The molecule has 7 heteroatoms. The molecule has 0 spiro atoms. The van der Waals surface area contributed by atoms with E-state index in [2.05, 4.69) is 10.3 Å². The maximum absolute atomic E-state index is 12.0. The monoisotopic (exact) mass is 307 g/mol. The largest absolute Gasteiger partial charge is 0.493 e. The summed E-state index contributed by atoms with van der Waals surface area (Å²) in [5, 5.41) is 5.25. The SMILES string of the molecule is COc1ccc(CNC(=O)c2csc(CN)n2)cc1OC. The third kappa shape index (κ3) is 3.71.